The second-order valence-electron chi connectivity index (χ2n) is 12.2. The summed E-state index contributed by atoms with van der Waals surface area (Å²) in [7, 11) is -3.28. The van der Waals surface area contributed by atoms with Gasteiger partial charge in [0.15, 0.2) is 5.60 Å². The summed E-state index contributed by atoms with van der Waals surface area (Å²) in [6, 6.07) is 15.5. The summed E-state index contributed by atoms with van der Waals surface area (Å²) < 4.78 is 24.6. The first-order valence-electron chi connectivity index (χ1n) is 14.8. The lowest BCUT2D eigenvalue weighted by molar-refractivity contribution is -0.146. The van der Waals surface area contributed by atoms with E-state index in [0.29, 0.717) is 44.6 Å². The van der Waals surface area contributed by atoms with Crippen LogP contribution in [0.3, 0.4) is 0 Å². The van der Waals surface area contributed by atoms with E-state index in [2.05, 4.69) is 10.3 Å². The molecule has 1 spiro atoms. The zero-order chi connectivity index (χ0) is 29.6. The molecule has 4 heterocycles. The number of fused-ring (bicyclic) bond motifs is 2. The molecule has 11 heteroatoms. The Morgan fingerprint density at radius 2 is 1.98 bits per heavy atom. The summed E-state index contributed by atoms with van der Waals surface area (Å²) in [5.74, 6) is -0.426. The summed E-state index contributed by atoms with van der Waals surface area (Å²) in [5.41, 5.74) is 2.33. The van der Waals surface area contributed by atoms with Crippen molar-refractivity contribution < 1.29 is 23.5 Å². The maximum absolute atomic E-state index is 16.1. The second-order valence-corrected chi connectivity index (χ2v) is 16.0. The largest absolute Gasteiger partial charge is 0.396 e. The van der Waals surface area contributed by atoms with Gasteiger partial charge in [0.25, 0.3) is 5.91 Å². The van der Waals surface area contributed by atoms with Crippen molar-refractivity contribution in [3.05, 3.63) is 71.5 Å². The molecule has 0 saturated carbocycles. The monoisotopic (exact) mass is 591 g/mol. The molecule has 2 amide bonds. The fraction of sp³-hybridized carbons (Fsp3) is 0.484. The molecule has 2 saturated heterocycles. The van der Waals surface area contributed by atoms with Crippen molar-refractivity contribution in [1.82, 2.24) is 15.0 Å². The number of amides is 2. The first-order chi connectivity index (χ1) is 20.1. The van der Waals surface area contributed by atoms with Crippen LogP contribution in [0.15, 0.2) is 54.7 Å². The number of aromatic nitrogens is 3. The van der Waals surface area contributed by atoms with Crippen molar-refractivity contribution in [1.29, 1.82) is 0 Å². The number of rotatable bonds is 9. The van der Waals surface area contributed by atoms with Crippen molar-refractivity contribution in [2.45, 2.75) is 76.0 Å². The van der Waals surface area contributed by atoms with Crippen molar-refractivity contribution in [2.24, 2.45) is 5.92 Å². The SMILES string of the molecule is C[C@@H]1[C@@H]([Si](C)(C)F)[C@H](CCn2cc(CCO)nn2)O[C@@]12C(=O)N(Cc1cccc(N3CCCC3=O)c1)c1ccccc12. The molecule has 3 aliphatic heterocycles. The Hall–Kier alpha value is -3.41. The molecule has 0 unspecified atom stereocenters. The van der Waals surface area contributed by atoms with Gasteiger partial charge < -0.3 is 23.8 Å². The summed E-state index contributed by atoms with van der Waals surface area (Å²) >= 11 is 0. The van der Waals surface area contributed by atoms with Crippen LogP contribution in [0, 0.1) is 5.92 Å². The number of hydrogen-bond acceptors (Lipinski definition) is 6. The van der Waals surface area contributed by atoms with Crippen molar-refractivity contribution in [2.75, 3.05) is 23.0 Å². The Kier molecular flexibility index (Phi) is 7.53. The third-order valence-electron chi connectivity index (χ3n) is 9.10. The smallest absolute Gasteiger partial charge is 0.264 e. The fourth-order valence-corrected chi connectivity index (χ4v) is 9.83. The minimum Gasteiger partial charge on any atom is -0.396 e. The van der Waals surface area contributed by atoms with Crippen LogP contribution in [0.25, 0.3) is 0 Å². The van der Waals surface area contributed by atoms with E-state index in [1.165, 1.54) is 0 Å². The summed E-state index contributed by atoms with van der Waals surface area (Å²) in [5, 5.41) is 17.5. The van der Waals surface area contributed by atoms with Crippen molar-refractivity contribution in [3.63, 3.8) is 0 Å². The maximum atomic E-state index is 16.1. The number of ether oxygens (including phenoxy) is 1. The van der Waals surface area contributed by atoms with E-state index in [0.717, 1.165) is 28.9 Å². The van der Waals surface area contributed by atoms with Crippen LogP contribution >= 0.6 is 0 Å². The Morgan fingerprint density at radius 1 is 1.17 bits per heavy atom. The predicted molar refractivity (Wildman–Crippen MR) is 159 cm³/mol. The number of carbonyl (C=O) groups is 2. The van der Waals surface area contributed by atoms with E-state index in [9.17, 15) is 14.7 Å². The lowest BCUT2D eigenvalue weighted by Crippen LogP contribution is -2.45. The normalized spacial score (nSPS) is 25.7. The van der Waals surface area contributed by atoms with Gasteiger partial charge in [0.2, 0.25) is 14.3 Å². The van der Waals surface area contributed by atoms with E-state index < -0.39 is 25.7 Å². The van der Waals surface area contributed by atoms with Gasteiger partial charge >= 0.3 is 0 Å². The van der Waals surface area contributed by atoms with Crippen LogP contribution in [0.5, 0.6) is 0 Å². The van der Waals surface area contributed by atoms with Crippen LogP contribution in [-0.2, 0) is 39.4 Å². The quantitative estimate of drug-likeness (QED) is 0.293. The Bertz CT molecular complexity index is 1490. The molecule has 0 bridgehead atoms. The van der Waals surface area contributed by atoms with Crippen LogP contribution in [0.1, 0.15) is 43.0 Å². The highest BCUT2D eigenvalue weighted by atomic mass is 28.4. The Morgan fingerprint density at radius 3 is 2.71 bits per heavy atom. The van der Waals surface area contributed by atoms with Gasteiger partial charge in [-0.2, -0.15) is 0 Å². The Labute approximate surface area is 246 Å². The van der Waals surface area contributed by atoms with Gasteiger partial charge in [-0.1, -0.05) is 42.5 Å². The molecule has 42 heavy (non-hydrogen) atoms. The van der Waals surface area contributed by atoms with Gasteiger partial charge in [0.1, 0.15) is 0 Å². The number of aryl methyl sites for hydroxylation is 1. The van der Waals surface area contributed by atoms with E-state index in [4.69, 9.17) is 4.74 Å². The molecule has 0 radical (unpaired) electrons. The third-order valence-corrected chi connectivity index (χ3v) is 11.6. The molecule has 3 aromatic rings. The van der Waals surface area contributed by atoms with Crippen molar-refractivity contribution >= 4 is 31.6 Å². The molecule has 3 aliphatic rings. The highest BCUT2D eigenvalue weighted by Gasteiger charge is 2.66. The minimum absolute atomic E-state index is 0.00707. The molecular formula is C31H38FN5O4Si. The van der Waals surface area contributed by atoms with Gasteiger partial charge in [-0.3, -0.25) is 14.3 Å². The number of aliphatic hydroxyl groups is 1. The van der Waals surface area contributed by atoms with E-state index >= 15 is 4.11 Å². The molecule has 9 nitrogen and oxygen atoms in total. The van der Waals surface area contributed by atoms with Gasteiger partial charge in [0.05, 0.1) is 24.0 Å². The topological polar surface area (TPSA) is 101 Å². The van der Waals surface area contributed by atoms with Crippen LogP contribution in [0.2, 0.25) is 18.6 Å². The first kappa shape index (κ1) is 28.7. The van der Waals surface area contributed by atoms with E-state index in [1.54, 1.807) is 33.8 Å². The predicted octanol–water partition coefficient (Wildman–Crippen LogP) is 4.35. The number of anilines is 2. The van der Waals surface area contributed by atoms with Crippen molar-refractivity contribution in [3.8, 4) is 0 Å². The zero-order valence-corrected chi connectivity index (χ0v) is 25.4. The Balaban J connectivity index is 1.30. The average molecular weight is 592 g/mol. The maximum Gasteiger partial charge on any atom is 0.264 e. The molecule has 6 rings (SSSR count). The summed E-state index contributed by atoms with van der Waals surface area (Å²) in [4.78, 5) is 30.5. The number of halogens is 1. The highest BCUT2D eigenvalue weighted by molar-refractivity contribution is 6.72. The van der Waals surface area contributed by atoms with Crippen LogP contribution < -0.4 is 9.80 Å². The molecule has 2 aromatic carbocycles. The van der Waals surface area contributed by atoms with Gasteiger partial charge in [-0.05, 0) is 49.7 Å². The van der Waals surface area contributed by atoms with Crippen LogP contribution in [0.4, 0.5) is 15.5 Å². The lowest BCUT2D eigenvalue weighted by Gasteiger charge is -2.31. The van der Waals surface area contributed by atoms with Gasteiger partial charge in [0, 0.05) is 61.4 Å². The molecule has 222 valence electrons. The summed E-state index contributed by atoms with van der Waals surface area (Å²) in [6.07, 6.45) is 3.62. The molecule has 1 N–H and O–H groups in total. The van der Waals surface area contributed by atoms with E-state index in [-0.39, 0.29) is 24.3 Å². The standard InChI is InChI=1S/C31H38FN5O4Si/c1-21-29(42(2,3)32)27(13-16-35-20-23(14-17-38)33-34-35)41-31(21)25-10-4-5-11-26(25)37(30(31)40)19-22-8-6-9-24(18-22)36-15-7-12-28(36)39/h4-6,8-11,18,20-21,27,29,38H,7,12-17,19H2,1-3H3/t21-,27+,29-,31+/m1/s1. The number of para-hydroxylation sites is 1. The third kappa shape index (κ3) is 4.87. The first-order valence-corrected chi connectivity index (χ1v) is 17.8. The average Bonchev–Trinajstić information content (AvgIpc) is 3.71. The van der Waals surface area contributed by atoms with E-state index in [1.807, 2.05) is 55.5 Å². The molecule has 1 aromatic heterocycles. The lowest BCUT2D eigenvalue weighted by atomic mass is 9.82. The number of nitrogens with zero attached hydrogens (tertiary/aromatic N) is 5. The van der Waals surface area contributed by atoms with Gasteiger partial charge in [-0.25, -0.2) is 0 Å². The molecule has 0 aliphatic carbocycles. The number of carbonyl (C=O) groups excluding carboxylic acids is 2. The van der Waals surface area contributed by atoms with Crippen LogP contribution in [-0.4, -0.2) is 59.6 Å². The minimum atomic E-state index is -3.28. The fourth-order valence-electron chi connectivity index (χ4n) is 7.29. The second kappa shape index (κ2) is 11.0. The van der Waals surface area contributed by atoms with Gasteiger partial charge in [-0.15, -0.1) is 5.10 Å². The number of hydrogen-bond donors (Lipinski definition) is 1. The zero-order valence-electron chi connectivity index (χ0n) is 24.4. The number of aliphatic hydroxyl groups excluding tert-OH is 1. The summed E-state index contributed by atoms with van der Waals surface area (Å²) in [6.45, 7) is 6.85. The molecule has 2 fully saturated rings. The molecule has 4 atom stereocenters. The molecular weight excluding hydrogens is 553 g/mol. The highest BCUT2D eigenvalue weighted by Crippen LogP contribution is 2.60. The number of benzene rings is 2.